The van der Waals surface area contributed by atoms with Gasteiger partial charge in [0.15, 0.2) is 5.17 Å². The first kappa shape index (κ1) is 19.2. The Hall–Kier alpha value is -2.08. The van der Waals surface area contributed by atoms with Crippen LogP contribution in [0.4, 0.5) is 11.6 Å². The Kier molecular flexibility index (Phi) is 7.73. The summed E-state index contributed by atoms with van der Waals surface area (Å²) in [7, 11) is 0. The molecule has 0 aliphatic carbocycles. The van der Waals surface area contributed by atoms with E-state index < -0.39 is 0 Å². The number of unbranched alkanes of at least 4 members (excludes halogenated alkanes) is 2. The molecule has 0 spiro atoms. The zero-order chi connectivity index (χ0) is 18.1. The highest BCUT2D eigenvalue weighted by Gasteiger charge is 2.12. The first-order chi connectivity index (χ1) is 12.1. The molecule has 0 atom stereocenters. The average molecular weight is 358 g/mol. The van der Waals surface area contributed by atoms with E-state index in [0.29, 0.717) is 5.95 Å². The van der Waals surface area contributed by atoms with Gasteiger partial charge in [-0.2, -0.15) is 0 Å². The molecular weight excluding hydrogens is 330 g/mol. The SMILES string of the molecule is CCCCCN(NC(=Nc1ccccc1)SC)c1nc(C)cc(C)n1. The largest absolute Gasteiger partial charge is 0.274 e. The fourth-order valence-corrected chi connectivity index (χ4v) is 2.80. The van der Waals surface area contributed by atoms with Crippen molar-refractivity contribution >= 4 is 28.6 Å². The van der Waals surface area contributed by atoms with Crippen LogP contribution in [0.15, 0.2) is 41.4 Å². The van der Waals surface area contributed by atoms with E-state index >= 15 is 0 Å². The van der Waals surface area contributed by atoms with E-state index in [9.17, 15) is 0 Å². The van der Waals surface area contributed by atoms with E-state index in [-0.39, 0.29) is 0 Å². The zero-order valence-corrected chi connectivity index (χ0v) is 16.3. The van der Waals surface area contributed by atoms with Crippen molar-refractivity contribution in [2.75, 3.05) is 17.8 Å². The molecule has 5 nitrogen and oxygen atoms in total. The average Bonchev–Trinajstić information content (AvgIpc) is 2.60. The van der Waals surface area contributed by atoms with Gasteiger partial charge in [-0.15, -0.1) is 0 Å². The van der Waals surface area contributed by atoms with Crippen LogP contribution in [0.1, 0.15) is 37.6 Å². The maximum absolute atomic E-state index is 4.69. The Morgan fingerprint density at radius 3 is 2.40 bits per heavy atom. The summed E-state index contributed by atoms with van der Waals surface area (Å²) >= 11 is 1.58. The molecule has 0 bridgehead atoms. The predicted octanol–water partition coefficient (Wildman–Crippen LogP) is 4.65. The van der Waals surface area contributed by atoms with Gasteiger partial charge in [0, 0.05) is 17.9 Å². The number of thioether (sulfide) groups is 1. The minimum Gasteiger partial charge on any atom is -0.274 e. The van der Waals surface area contributed by atoms with Crippen LogP contribution in [0.5, 0.6) is 0 Å². The summed E-state index contributed by atoms with van der Waals surface area (Å²) in [4.78, 5) is 13.9. The molecule has 0 aliphatic rings. The first-order valence-electron chi connectivity index (χ1n) is 8.66. The van der Waals surface area contributed by atoms with Gasteiger partial charge in [0.1, 0.15) is 0 Å². The maximum atomic E-state index is 4.69. The van der Waals surface area contributed by atoms with Crippen molar-refractivity contribution in [2.24, 2.45) is 4.99 Å². The maximum Gasteiger partial charge on any atom is 0.244 e. The van der Waals surface area contributed by atoms with Crippen molar-refractivity contribution in [1.29, 1.82) is 0 Å². The molecule has 0 saturated carbocycles. The van der Waals surface area contributed by atoms with Crippen LogP contribution in [0.3, 0.4) is 0 Å². The highest BCUT2D eigenvalue weighted by atomic mass is 32.2. The summed E-state index contributed by atoms with van der Waals surface area (Å²) in [6, 6.07) is 11.9. The lowest BCUT2D eigenvalue weighted by molar-refractivity contribution is 0.647. The predicted molar refractivity (Wildman–Crippen MR) is 109 cm³/mol. The molecule has 1 aromatic carbocycles. The van der Waals surface area contributed by atoms with Crippen molar-refractivity contribution in [1.82, 2.24) is 15.4 Å². The highest BCUT2D eigenvalue weighted by Crippen LogP contribution is 2.15. The number of hydrogen-bond acceptors (Lipinski definition) is 5. The zero-order valence-electron chi connectivity index (χ0n) is 15.5. The quantitative estimate of drug-likeness (QED) is 0.338. The molecule has 1 heterocycles. The van der Waals surface area contributed by atoms with Crippen molar-refractivity contribution in [3.8, 4) is 0 Å². The van der Waals surface area contributed by atoms with Gasteiger partial charge in [0.05, 0.1) is 5.69 Å². The Balaban J connectivity index is 2.23. The van der Waals surface area contributed by atoms with Crippen LogP contribution in [0, 0.1) is 13.8 Å². The van der Waals surface area contributed by atoms with Gasteiger partial charge in [-0.25, -0.2) is 15.0 Å². The normalized spacial score (nSPS) is 11.4. The van der Waals surface area contributed by atoms with Crippen LogP contribution in [-0.4, -0.2) is 27.9 Å². The Morgan fingerprint density at radius 1 is 1.12 bits per heavy atom. The molecule has 0 radical (unpaired) electrons. The van der Waals surface area contributed by atoms with Crippen molar-refractivity contribution in [3.63, 3.8) is 0 Å². The summed E-state index contributed by atoms with van der Waals surface area (Å²) in [5, 5.41) is 2.83. The fourth-order valence-electron chi connectivity index (χ4n) is 2.41. The molecule has 134 valence electrons. The second-order valence-corrected chi connectivity index (χ2v) is 6.67. The highest BCUT2D eigenvalue weighted by molar-refractivity contribution is 8.13. The third kappa shape index (κ3) is 6.38. The number of rotatable bonds is 7. The van der Waals surface area contributed by atoms with Crippen molar-refractivity contribution < 1.29 is 0 Å². The molecule has 2 aromatic rings. The monoisotopic (exact) mass is 357 g/mol. The number of para-hydroxylation sites is 1. The van der Waals surface area contributed by atoms with E-state index in [2.05, 4.69) is 27.3 Å². The smallest absolute Gasteiger partial charge is 0.244 e. The van der Waals surface area contributed by atoms with Crippen LogP contribution < -0.4 is 10.4 Å². The molecular formula is C19H27N5S. The number of benzene rings is 1. The lowest BCUT2D eigenvalue weighted by Crippen LogP contribution is -2.43. The Morgan fingerprint density at radius 2 is 1.80 bits per heavy atom. The first-order valence-corrected chi connectivity index (χ1v) is 9.89. The molecule has 1 N–H and O–H groups in total. The topological polar surface area (TPSA) is 53.4 Å². The number of amidine groups is 1. The molecule has 2 rings (SSSR count). The number of aryl methyl sites for hydroxylation is 2. The number of anilines is 1. The van der Waals surface area contributed by atoms with Crippen molar-refractivity contribution in [2.45, 2.75) is 40.0 Å². The Bertz CT molecular complexity index is 667. The van der Waals surface area contributed by atoms with Gasteiger partial charge in [-0.05, 0) is 44.7 Å². The molecule has 1 aromatic heterocycles. The third-order valence-electron chi connectivity index (χ3n) is 3.61. The lowest BCUT2D eigenvalue weighted by atomic mass is 10.2. The van der Waals surface area contributed by atoms with E-state index in [0.717, 1.165) is 35.2 Å². The summed E-state index contributed by atoms with van der Waals surface area (Å²) in [6.45, 7) is 7.03. The fraction of sp³-hybridized carbons (Fsp3) is 0.421. The number of hydrazine groups is 1. The second kappa shape index (κ2) is 10.0. The van der Waals surface area contributed by atoms with E-state index in [1.165, 1.54) is 12.8 Å². The summed E-state index contributed by atoms with van der Waals surface area (Å²) in [6.07, 6.45) is 5.44. The minimum atomic E-state index is 0.698. The van der Waals surface area contributed by atoms with Gasteiger partial charge < -0.3 is 0 Å². The number of nitrogens with zero attached hydrogens (tertiary/aromatic N) is 4. The summed E-state index contributed by atoms with van der Waals surface area (Å²) in [5.74, 6) is 0.698. The van der Waals surface area contributed by atoms with Crippen LogP contribution in [0.2, 0.25) is 0 Å². The molecule has 6 heteroatoms. The minimum absolute atomic E-state index is 0.698. The van der Waals surface area contributed by atoms with Gasteiger partial charge in [0.2, 0.25) is 5.95 Å². The third-order valence-corrected chi connectivity index (χ3v) is 4.18. The van der Waals surface area contributed by atoms with Crippen molar-refractivity contribution in [3.05, 3.63) is 47.8 Å². The number of aromatic nitrogens is 2. The van der Waals surface area contributed by atoms with Crippen LogP contribution in [0.25, 0.3) is 0 Å². The molecule has 0 amide bonds. The summed E-state index contributed by atoms with van der Waals surface area (Å²) in [5.41, 5.74) is 6.26. The second-order valence-electron chi connectivity index (χ2n) is 5.88. The van der Waals surface area contributed by atoms with E-state index in [4.69, 9.17) is 0 Å². The Labute approximate surface area is 155 Å². The van der Waals surface area contributed by atoms with Gasteiger partial charge in [0.25, 0.3) is 0 Å². The molecule has 0 saturated heterocycles. The van der Waals surface area contributed by atoms with Crippen LogP contribution >= 0.6 is 11.8 Å². The molecule has 0 aliphatic heterocycles. The van der Waals surface area contributed by atoms with E-state index in [1.807, 2.05) is 61.5 Å². The molecule has 25 heavy (non-hydrogen) atoms. The lowest BCUT2D eigenvalue weighted by Gasteiger charge is -2.25. The van der Waals surface area contributed by atoms with E-state index in [1.54, 1.807) is 11.8 Å². The number of nitrogens with one attached hydrogen (secondary N) is 1. The van der Waals surface area contributed by atoms with Gasteiger partial charge >= 0.3 is 0 Å². The van der Waals surface area contributed by atoms with Gasteiger partial charge in [-0.3, -0.25) is 10.4 Å². The number of hydrogen-bond donors (Lipinski definition) is 1. The standard InChI is InChI=1S/C19H27N5S/c1-5-6-10-13-24(18-20-15(2)14-16(3)21-18)23-19(25-4)22-17-11-8-7-9-12-17/h7-9,11-12,14H,5-6,10,13H2,1-4H3,(H,22,23). The molecule has 0 unspecified atom stereocenters. The number of aliphatic imine (C=N–C) groups is 1. The van der Waals surface area contributed by atoms with Crippen LogP contribution in [-0.2, 0) is 0 Å². The van der Waals surface area contributed by atoms with Gasteiger partial charge in [-0.1, -0.05) is 49.7 Å². The summed E-state index contributed by atoms with van der Waals surface area (Å²) < 4.78 is 0. The molecule has 0 fully saturated rings.